The quantitative estimate of drug-likeness (QED) is 0.894. The zero-order valence-corrected chi connectivity index (χ0v) is 10.9. The van der Waals surface area contributed by atoms with Crippen LogP contribution in [0.2, 0.25) is 0 Å². The average molecular weight is 244 g/mol. The van der Waals surface area contributed by atoms with Crippen molar-refractivity contribution in [3.8, 4) is 0 Å². The monoisotopic (exact) mass is 244 g/mol. The van der Waals surface area contributed by atoms with Crippen molar-refractivity contribution >= 4 is 11.3 Å². The van der Waals surface area contributed by atoms with Gasteiger partial charge in [-0.3, -0.25) is 0 Å². The Labute approximate surface area is 108 Å². The first-order valence-electron chi connectivity index (χ1n) is 6.75. The molecule has 0 radical (unpaired) electrons. The van der Waals surface area contributed by atoms with E-state index in [1.165, 1.54) is 37.0 Å². The summed E-state index contributed by atoms with van der Waals surface area (Å²) < 4.78 is 1.94. The van der Waals surface area contributed by atoms with Crippen LogP contribution in [-0.2, 0) is 0 Å². The molecule has 4 nitrogen and oxygen atoms in total. The fourth-order valence-corrected chi connectivity index (χ4v) is 2.63. The SMILES string of the molecule is Cc1c(NCCN2CCCC2)nn2ccccc12. The fourth-order valence-electron chi connectivity index (χ4n) is 2.63. The van der Waals surface area contributed by atoms with Gasteiger partial charge in [-0.2, -0.15) is 5.10 Å². The molecule has 1 fully saturated rings. The normalized spacial score (nSPS) is 16.5. The molecule has 0 unspecified atom stereocenters. The number of fused-ring (bicyclic) bond motifs is 1. The summed E-state index contributed by atoms with van der Waals surface area (Å²) in [5.41, 5.74) is 2.41. The predicted octanol–water partition coefficient (Wildman–Crippen LogP) is 2.15. The van der Waals surface area contributed by atoms with E-state index in [9.17, 15) is 0 Å². The summed E-state index contributed by atoms with van der Waals surface area (Å²) in [5, 5.41) is 8.02. The molecule has 2 aromatic rings. The van der Waals surface area contributed by atoms with Crippen molar-refractivity contribution in [3.05, 3.63) is 30.0 Å². The largest absolute Gasteiger partial charge is 0.367 e. The van der Waals surface area contributed by atoms with Crippen LogP contribution in [0.4, 0.5) is 5.82 Å². The maximum absolute atomic E-state index is 4.56. The van der Waals surface area contributed by atoms with Gasteiger partial charge in [-0.1, -0.05) is 6.07 Å². The lowest BCUT2D eigenvalue weighted by Gasteiger charge is -2.14. The number of anilines is 1. The van der Waals surface area contributed by atoms with Crippen molar-refractivity contribution < 1.29 is 0 Å². The van der Waals surface area contributed by atoms with Crippen molar-refractivity contribution in [1.29, 1.82) is 0 Å². The molecule has 0 aliphatic carbocycles. The van der Waals surface area contributed by atoms with Crippen LogP contribution >= 0.6 is 0 Å². The lowest BCUT2D eigenvalue weighted by atomic mass is 10.3. The molecular weight excluding hydrogens is 224 g/mol. The number of nitrogens with one attached hydrogen (secondary N) is 1. The summed E-state index contributed by atoms with van der Waals surface area (Å²) in [4.78, 5) is 2.51. The summed E-state index contributed by atoms with van der Waals surface area (Å²) in [6, 6.07) is 6.17. The smallest absolute Gasteiger partial charge is 0.152 e. The van der Waals surface area contributed by atoms with E-state index >= 15 is 0 Å². The molecule has 96 valence electrons. The van der Waals surface area contributed by atoms with Gasteiger partial charge in [0, 0.05) is 24.8 Å². The molecular formula is C14H20N4. The third kappa shape index (κ3) is 2.20. The number of aryl methyl sites for hydroxylation is 1. The standard InChI is InChI=1S/C14H20N4/c1-12-13-6-2-3-10-18(13)16-14(12)15-7-11-17-8-4-5-9-17/h2-3,6,10H,4-5,7-9,11H2,1H3,(H,15,16). The Hall–Kier alpha value is -1.55. The topological polar surface area (TPSA) is 32.6 Å². The molecule has 3 heterocycles. The van der Waals surface area contributed by atoms with Crippen molar-refractivity contribution in [1.82, 2.24) is 14.5 Å². The number of hydrogen-bond acceptors (Lipinski definition) is 3. The Morgan fingerprint density at radius 1 is 1.28 bits per heavy atom. The molecule has 0 atom stereocenters. The van der Waals surface area contributed by atoms with Crippen LogP contribution in [0.15, 0.2) is 24.4 Å². The van der Waals surface area contributed by atoms with Gasteiger partial charge in [0.05, 0.1) is 5.52 Å². The molecule has 1 aliphatic rings. The second-order valence-corrected chi connectivity index (χ2v) is 4.98. The van der Waals surface area contributed by atoms with E-state index in [1.54, 1.807) is 0 Å². The average Bonchev–Trinajstić information content (AvgIpc) is 3.00. The molecule has 3 rings (SSSR count). The highest BCUT2D eigenvalue weighted by atomic mass is 15.3. The van der Waals surface area contributed by atoms with E-state index in [0.29, 0.717) is 0 Å². The van der Waals surface area contributed by atoms with Gasteiger partial charge in [0.15, 0.2) is 5.82 Å². The van der Waals surface area contributed by atoms with Crippen LogP contribution < -0.4 is 5.32 Å². The summed E-state index contributed by atoms with van der Waals surface area (Å²) in [5.74, 6) is 1.01. The molecule has 4 heteroatoms. The number of pyridine rings is 1. The zero-order valence-electron chi connectivity index (χ0n) is 10.9. The molecule has 1 saturated heterocycles. The Bertz CT molecular complexity index is 526. The van der Waals surface area contributed by atoms with Gasteiger partial charge in [-0.25, -0.2) is 4.52 Å². The Kier molecular flexibility index (Phi) is 3.19. The van der Waals surface area contributed by atoms with E-state index in [0.717, 1.165) is 18.9 Å². The highest BCUT2D eigenvalue weighted by Crippen LogP contribution is 2.18. The predicted molar refractivity (Wildman–Crippen MR) is 74.1 cm³/mol. The fraction of sp³-hybridized carbons (Fsp3) is 0.500. The van der Waals surface area contributed by atoms with E-state index < -0.39 is 0 Å². The van der Waals surface area contributed by atoms with E-state index in [2.05, 4.69) is 34.4 Å². The Balaban J connectivity index is 1.65. The third-order valence-corrected chi connectivity index (χ3v) is 3.71. The van der Waals surface area contributed by atoms with E-state index in [1.807, 2.05) is 16.8 Å². The minimum atomic E-state index is 0.977. The van der Waals surface area contributed by atoms with Crippen LogP contribution in [-0.4, -0.2) is 40.7 Å². The molecule has 1 N–H and O–H groups in total. The van der Waals surface area contributed by atoms with Gasteiger partial charge in [0.2, 0.25) is 0 Å². The lowest BCUT2D eigenvalue weighted by Crippen LogP contribution is -2.26. The van der Waals surface area contributed by atoms with Crippen molar-refractivity contribution in [2.75, 3.05) is 31.5 Å². The molecule has 0 saturated carbocycles. The molecule has 0 bridgehead atoms. The first-order valence-corrected chi connectivity index (χ1v) is 6.75. The molecule has 0 aromatic carbocycles. The minimum Gasteiger partial charge on any atom is -0.367 e. The first kappa shape index (κ1) is 11.5. The number of nitrogens with zero attached hydrogens (tertiary/aromatic N) is 3. The highest BCUT2D eigenvalue weighted by molar-refractivity contribution is 5.64. The minimum absolute atomic E-state index is 0.977. The zero-order chi connectivity index (χ0) is 12.4. The Morgan fingerprint density at radius 3 is 2.89 bits per heavy atom. The van der Waals surface area contributed by atoms with Crippen LogP contribution in [0, 0.1) is 6.92 Å². The second kappa shape index (κ2) is 4.98. The first-order chi connectivity index (χ1) is 8.84. The summed E-state index contributed by atoms with van der Waals surface area (Å²) >= 11 is 0. The van der Waals surface area contributed by atoms with Crippen LogP contribution in [0.5, 0.6) is 0 Å². The van der Waals surface area contributed by atoms with E-state index in [-0.39, 0.29) is 0 Å². The summed E-state index contributed by atoms with van der Waals surface area (Å²) in [7, 11) is 0. The number of rotatable bonds is 4. The molecule has 2 aromatic heterocycles. The maximum Gasteiger partial charge on any atom is 0.152 e. The van der Waals surface area contributed by atoms with Crippen molar-refractivity contribution in [2.45, 2.75) is 19.8 Å². The van der Waals surface area contributed by atoms with E-state index in [4.69, 9.17) is 0 Å². The maximum atomic E-state index is 4.56. The van der Waals surface area contributed by atoms with Gasteiger partial charge >= 0.3 is 0 Å². The van der Waals surface area contributed by atoms with Crippen LogP contribution in [0.3, 0.4) is 0 Å². The van der Waals surface area contributed by atoms with Gasteiger partial charge < -0.3 is 10.2 Å². The number of hydrogen-bond donors (Lipinski definition) is 1. The van der Waals surface area contributed by atoms with Gasteiger partial charge in [-0.05, 0) is 45.0 Å². The molecule has 0 spiro atoms. The Morgan fingerprint density at radius 2 is 2.11 bits per heavy atom. The van der Waals surface area contributed by atoms with Gasteiger partial charge in [0.25, 0.3) is 0 Å². The van der Waals surface area contributed by atoms with Crippen molar-refractivity contribution in [2.24, 2.45) is 0 Å². The highest BCUT2D eigenvalue weighted by Gasteiger charge is 2.11. The third-order valence-electron chi connectivity index (χ3n) is 3.71. The molecule has 1 aliphatic heterocycles. The van der Waals surface area contributed by atoms with Crippen LogP contribution in [0.1, 0.15) is 18.4 Å². The second-order valence-electron chi connectivity index (χ2n) is 4.98. The van der Waals surface area contributed by atoms with Crippen molar-refractivity contribution in [3.63, 3.8) is 0 Å². The molecule has 0 amide bonds. The summed E-state index contributed by atoms with van der Waals surface area (Å²) in [6.07, 6.45) is 4.70. The number of likely N-dealkylation sites (tertiary alicyclic amines) is 1. The molecule has 18 heavy (non-hydrogen) atoms. The van der Waals surface area contributed by atoms with Gasteiger partial charge in [-0.15, -0.1) is 0 Å². The lowest BCUT2D eigenvalue weighted by molar-refractivity contribution is 0.352. The number of aromatic nitrogens is 2. The van der Waals surface area contributed by atoms with Gasteiger partial charge in [0.1, 0.15) is 0 Å². The summed E-state index contributed by atoms with van der Waals surface area (Å²) in [6.45, 7) is 6.73. The van der Waals surface area contributed by atoms with Crippen LogP contribution in [0.25, 0.3) is 5.52 Å².